The first kappa shape index (κ1) is 18.1. The molecule has 0 saturated heterocycles. The summed E-state index contributed by atoms with van der Waals surface area (Å²) < 4.78 is 10.3. The lowest BCUT2D eigenvalue weighted by Crippen LogP contribution is -2.11. The lowest BCUT2D eigenvalue weighted by atomic mass is 10.2. The van der Waals surface area contributed by atoms with Crippen LogP contribution in [0.4, 0.5) is 5.69 Å². The van der Waals surface area contributed by atoms with Crippen molar-refractivity contribution in [3.05, 3.63) is 53.5 Å². The molecule has 0 unspecified atom stereocenters. The maximum atomic E-state index is 12.2. The van der Waals surface area contributed by atoms with Gasteiger partial charge in [-0.25, -0.2) is 0 Å². The molecule has 2 aromatic rings. The van der Waals surface area contributed by atoms with E-state index in [9.17, 15) is 9.59 Å². The molecular weight excluding hydrogens is 330 g/mol. The highest BCUT2D eigenvalue weighted by Gasteiger charge is 2.11. The molecule has 7 heteroatoms. The van der Waals surface area contributed by atoms with E-state index in [4.69, 9.17) is 14.3 Å². The summed E-state index contributed by atoms with van der Waals surface area (Å²) in [6.07, 6.45) is 0.142. The first-order chi connectivity index (χ1) is 11.6. The highest BCUT2D eigenvalue weighted by atomic mass is 32.2. The van der Waals surface area contributed by atoms with Gasteiger partial charge in [0.15, 0.2) is 5.76 Å². The SMILES string of the molecule is COCc1ccc(C(=O)Nc2cccc(CSCCC(=O)O)c2)o1. The smallest absolute Gasteiger partial charge is 0.304 e. The second-order valence-corrected chi connectivity index (χ2v) is 6.15. The first-order valence-electron chi connectivity index (χ1n) is 7.36. The Hall–Kier alpha value is -2.25. The molecule has 0 aliphatic carbocycles. The number of carbonyl (C=O) groups excluding carboxylic acids is 1. The zero-order valence-corrected chi connectivity index (χ0v) is 14.1. The topological polar surface area (TPSA) is 88.8 Å². The van der Waals surface area contributed by atoms with Crippen molar-refractivity contribution >= 4 is 29.3 Å². The maximum Gasteiger partial charge on any atom is 0.304 e. The molecule has 1 amide bonds. The third kappa shape index (κ3) is 5.75. The van der Waals surface area contributed by atoms with Crippen LogP contribution in [-0.4, -0.2) is 29.8 Å². The van der Waals surface area contributed by atoms with Crippen molar-refractivity contribution < 1.29 is 23.8 Å². The third-order valence-electron chi connectivity index (χ3n) is 3.09. The van der Waals surface area contributed by atoms with Crippen molar-refractivity contribution in [1.82, 2.24) is 0 Å². The van der Waals surface area contributed by atoms with E-state index >= 15 is 0 Å². The monoisotopic (exact) mass is 349 g/mol. The summed E-state index contributed by atoms with van der Waals surface area (Å²) in [7, 11) is 1.56. The van der Waals surface area contributed by atoms with Crippen molar-refractivity contribution in [2.75, 3.05) is 18.2 Å². The van der Waals surface area contributed by atoms with Crippen LogP contribution in [-0.2, 0) is 21.9 Å². The van der Waals surface area contributed by atoms with Gasteiger partial charge in [0.25, 0.3) is 5.91 Å². The minimum Gasteiger partial charge on any atom is -0.481 e. The fourth-order valence-corrected chi connectivity index (χ4v) is 2.88. The zero-order chi connectivity index (χ0) is 17.4. The van der Waals surface area contributed by atoms with Gasteiger partial charge in [-0.15, -0.1) is 0 Å². The number of furan rings is 1. The number of carboxylic acids is 1. The van der Waals surface area contributed by atoms with Crippen molar-refractivity contribution in [2.45, 2.75) is 18.8 Å². The summed E-state index contributed by atoms with van der Waals surface area (Å²) in [5.41, 5.74) is 1.68. The number of nitrogens with one attached hydrogen (secondary N) is 1. The van der Waals surface area contributed by atoms with Gasteiger partial charge in [-0.1, -0.05) is 12.1 Å². The van der Waals surface area contributed by atoms with Crippen molar-refractivity contribution in [3.63, 3.8) is 0 Å². The fourth-order valence-electron chi connectivity index (χ4n) is 2.00. The van der Waals surface area contributed by atoms with Gasteiger partial charge in [-0.3, -0.25) is 9.59 Å². The van der Waals surface area contributed by atoms with Crippen LogP contribution in [0.5, 0.6) is 0 Å². The number of aliphatic carboxylic acids is 1. The minimum atomic E-state index is -0.796. The van der Waals surface area contributed by atoms with Gasteiger partial charge in [0.05, 0.1) is 6.42 Å². The lowest BCUT2D eigenvalue weighted by molar-refractivity contribution is -0.136. The summed E-state index contributed by atoms with van der Waals surface area (Å²) in [6, 6.07) is 10.8. The number of hydrogen-bond donors (Lipinski definition) is 2. The average molecular weight is 349 g/mol. The Morgan fingerprint density at radius 1 is 1.29 bits per heavy atom. The number of benzene rings is 1. The fraction of sp³-hybridized carbons (Fsp3) is 0.294. The molecule has 0 bridgehead atoms. The first-order valence-corrected chi connectivity index (χ1v) is 8.51. The predicted molar refractivity (Wildman–Crippen MR) is 92.2 cm³/mol. The number of anilines is 1. The number of carbonyl (C=O) groups is 2. The minimum absolute atomic E-state index is 0.142. The van der Waals surface area contributed by atoms with Gasteiger partial charge in [-0.2, -0.15) is 11.8 Å². The predicted octanol–water partition coefficient (Wildman–Crippen LogP) is 3.39. The van der Waals surface area contributed by atoms with Crippen LogP contribution in [0, 0.1) is 0 Å². The van der Waals surface area contributed by atoms with Crippen molar-refractivity contribution in [2.24, 2.45) is 0 Å². The van der Waals surface area contributed by atoms with Gasteiger partial charge in [0, 0.05) is 24.3 Å². The summed E-state index contributed by atoms with van der Waals surface area (Å²) in [6.45, 7) is 0.316. The third-order valence-corrected chi connectivity index (χ3v) is 4.12. The number of rotatable bonds is 9. The summed E-state index contributed by atoms with van der Waals surface area (Å²) in [4.78, 5) is 22.6. The molecule has 24 heavy (non-hydrogen) atoms. The van der Waals surface area contributed by atoms with Crippen molar-refractivity contribution in [3.8, 4) is 0 Å². The van der Waals surface area contributed by atoms with Crippen LogP contribution in [0.25, 0.3) is 0 Å². The van der Waals surface area contributed by atoms with E-state index in [0.717, 1.165) is 5.56 Å². The molecule has 0 saturated carbocycles. The molecule has 6 nitrogen and oxygen atoms in total. The Kier molecular flexibility index (Phi) is 6.89. The van der Waals surface area contributed by atoms with Crippen LogP contribution in [0.1, 0.15) is 28.3 Å². The molecule has 128 valence electrons. The van der Waals surface area contributed by atoms with Crippen LogP contribution in [0.3, 0.4) is 0 Å². The largest absolute Gasteiger partial charge is 0.481 e. The highest BCUT2D eigenvalue weighted by Crippen LogP contribution is 2.18. The molecule has 0 radical (unpaired) electrons. The second-order valence-electron chi connectivity index (χ2n) is 5.05. The van der Waals surface area contributed by atoms with E-state index in [2.05, 4.69) is 5.32 Å². The van der Waals surface area contributed by atoms with E-state index in [1.165, 1.54) is 0 Å². The molecule has 0 aliphatic heterocycles. The van der Waals surface area contributed by atoms with E-state index < -0.39 is 5.97 Å². The summed E-state index contributed by atoms with van der Waals surface area (Å²) >= 11 is 1.54. The van der Waals surface area contributed by atoms with Gasteiger partial charge < -0.3 is 19.6 Å². The van der Waals surface area contributed by atoms with Crippen molar-refractivity contribution in [1.29, 1.82) is 0 Å². The summed E-state index contributed by atoms with van der Waals surface area (Å²) in [5, 5.41) is 11.4. The molecule has 0 spiro atoms. The average Bonchev–Trinajstić information content (AvgIpc) is 3.01. The zero-order valence-electron chi connectivity index (χ0n) is 13.3. The molecule has 0 aliphatic rings. The van der Waals surface area contributed by atoms with E-state index in [1.807, 2.05) is 18.2 Å². The number of amides is 1. The van der Waals surface area contributed by atoms with E-state index in [-0.39, 0.29) is 18.1 Å². The quantitative estimate of drug-likeness (QED) is 0.675. The number of carboxylic acid groups (broad SMARTS) is 1. The standard InChI is InChI=1S/C17H19NO5S/c1-22-10-14-5-6-15(23-14)17(21)18-13-4-2-3-12(9-13)11-24-8-7-16(19)20/h2-6,9H,7-8,10-11H2,1H3,(H,18,21)(H,19,20). The Morgan fingerprint density at radius 3 is 2.88 bits per heavy atom. The normalized spacial score (nSPS) is 10.5. The molecule has 0 atom stereocenters. The van der Waals surface area contributed by atoms with Crippen LogP contribution in [0.15, 0.2) is 40.8 Å². The van der Waals surface area contributed by atoms with Gasteiger partial charge >= 0.3 is 5.97 Å². The summed E-state index contributed by atoms with van der Waals surface area (Å²) in [5.74, 6) is 0.938. The Labute approximate surface area is 144 Å². The molecular formula is C17H19NO5S. The van der Waals surface area contributed by atoms with Crippen LogP contribution < -0.4 is 5.32 Å². The molecule has 1 heterocycles. The highest BCUT2D eigenvalue weighted by molar-refractivity contribution is 7.98. The van der Waals surface area contributed by atoms with Gasteiger partial charge in [-0.05, 0) is 29.8 Å². The van der Waals surface area contributed by atoms with Crippen LogP contribution >= 0.6 is 11.8 Å². The maximum absolute atomic E-state index is 12.2. The molecule has 2 N–H and O–H groups in total. The molecule has 1 aromatic carbocycles. The Bertz CT molecular complexity index is 698. The lowest BCUT2D eigenvalue weighted by Gasteiger charge is -2.06. The van der Waals surface area contributed by atoms with Gasteiger partial charge in [0.1, 0.15) is 12.4 Å². The number of thioether (sulfide) groups is 1. The Balaban J connectivity index is 1.90. The molecule has 2 rings (SSSR count). The molecule has 0 fully saturated rings. The second kappa shape index (κ2) is 9.14. The number of methoxy groups -OCH3 is 1. The van der Waals surface area contributed by atoms with E-state index in [0.29, 0.717) is 29.6 Å². The van der Waals surface area contributed by atoms with Gasteiger partial charge in [0.2, 0.25) is 0 Å². The Morgan fingerprint density at radius 2 is 2.12 bits per heavy atom. The number of ether oxygens (including phenoxy) is 1. The number of hydrogen-bond acceptors (Lipinski definition) is 5. The van der Waals surface area contributed by atoms with E-state index in [1.54, 1.807) is 37.1 Å². The van der Waals surface area contributed by atoms with Crippen LogP contribution in [0.2, 0.25) is 0 Å². The molecule has 1 aromatic heterocycles.